The van der Waals surface area contributed by atoms with Crippen LogP contribution in [0.2, 0.25) is 0 Å². The Balaban J connectivity index is 1.55. The molecule has 0 aliphatic heterocycles. The fraction of sp³-hybridized carbons (Fsp3) is 0. The molecule has 0 fully saturated rings. The molecular formula is C19H13N7O2. The van der Waals surface area contributed by atoms with Gasteiger partial charge in [-0.25, -0.2) is 9.97 Å². The lowest BCUT2D eigenvalue weighted by atomic mass is 10.1. The van der Waals surface area contributed by atoms with Crippen LogP contribution in [0.5, 0.6) is 0 Å². The van der Waals surface area contributed by atoms with Gasteiger partial charge >= 0.3 is 0 Å². The highest BCUT2D eigenvalue weighted by atomic mass is 16.6. The van der Waals surface area contributed by atoms with Gasteiger partial charge in [0.15, 0.2) is 0 Å². The second-order valence-electron chi connectivity index (χ2n) is 6.27. The third kappa shape index (κ3) is 2.71. The molecule has 9 nitrogen and oxygen atoms in total. The monoisotopic (exact) mass is 371 g/mol. The van der Waals surface area contributed by atoms with Crippen molar-refractivity contribution in [3.8, 4) is 11.3 Å². The molecule has 136 valence electrons. The summed E-state index contributed by atoms with van der Waals surface area (Å²) in [6.07, 6.45) is 3.23. The highest BCUT2D eigenvalue weighted by molar-refractivity contribution is 5.93. The standard InChI is InChI=1S/C19H13N7O2/c27-26(28)14-3-1-2-11(6-14)16-8-15-18(20-10-21-19(15)24-16)23-13-5-4-12-9-22-25-17(12)7-13/h1-10H,(H,22,25)(H2,20,21,23,24). The molecule has 28 heavy (non-hydrogen) atoms. The number of nitro benzene ring substituents is 1. The highest BCUT2D eigenvalue weighted by Crippen LogP contribution is 2.30. The molecule has 5 aromatic rings. The number of hydrogen-bond acceptors (Lipinski definition) is 6. The van der Waals surface area contributed by atoms with Crippen LogP contribution in [0.4, 0.5) is 17.2 Å². The number of fused-ring (bicyclic) bond motifs is 2. The van der Waals surface area contributed by atoms with Crippen LogP contribution in [0.1, 0.15) is 0 Å². The number of benzene rings is 2. The van der Waals surface area contributed by atoms with Gasteiger partial charge in [-0.15, -0.1) is 0 Å². The summed E-state index contributed by atoms with van der Waals surface area (Å²) in [5.41, 5.74) is 3.88. The van der Waals surface area contributed by atoms with E-state index in [0.29, 0.717) is 17.0 Å². The van der Waals surface area contributed by atoms with Crippen molar-refractivity contribution in [2.45, 2.75) is 0 Å². The Bertz CT molecular complexity index is 1340. The summed E-state index contributed by atoms with van der Waals surface area (Å²) in [7, 11) is 0. The molecule has 0 saturated heterocycles. The molecular weight excluding hydrogens is 358 g/mol. The number of nitro groups is 1. The van der Waals surface area contributed by atoms with E-state index in [1.54, 1.807) is 12.3 Å². The van der Waals surface area contributed by atoms with Gasteiger partial charge < -0.3 is 10.3 Å². The van der Waals surface area contributed by atoms with Crippen LogP contribution in [-0.4, -0.2) is 30.1 Å². The zero-order chi connectivity index (χ0) is 19.1. The van der Waals surface area contributed by atoms with Crippen molar-refractivity contribution in [3.05, 3.63) is 71.2 Å². The Morgan fingerprint density at radius 2 is 2.00 bits per heavy atom. The number of non-ortho nitro benzene ring substituents is 1. The van der Waals surface area contributed by atoms with E-state index in [-0.39, 0.29) is 5.69 Å². The number of aromatic amines is 2. The number of nitrogens with zero attached hydrogens (tertiary/aromatic N) is 4. The second kappa shape index (κ2) is 6.16. The van der Waals surface area contributed by atoms with Crippen LogP contribution in [-0.2, 0) is 0 Å². The number of anilines is 2. The lowest BCUT2D eigenvalue weighted by Gasteiger charge is -2.06. The number of H-pyrrole nitrogens is 2. The summed E-state index contributed by atoms with van der Waals surface area (Å²) in [4.78, 5) is 22.4. The SMILES string of the molecule is O=[N+]([O-])c1cccc(-c2cc3c(Nc4ccc5cn[nH]c5c4)ncnc3[nH]2)c1. The van der Waals surface area contributed by atoms with Crippen LogP contribution in [0.25, 0.3) is 33.2 Å². The van der Waals surface area contributed by atoms with Gasteiger partial charge in [0.2, 0.25) is 0 Å². The van der Waals surface area contributed by atoms with Crippen LogP contribution in [0.15, 0.2) is 61.1 Å². The van der Waals surface area contributed by atoms with E-state index in [1.165, 1.54) is 18.5 Å². The van der Waals surface area contributed by atoms with Crippen molar-refractivity contribution in [1.29, 1.82) is 0 Å². The Morgan fingerprint density at radius 1 is 1.07 bits per heavy atom. The third-order valence-electron chi connectivity index (χ3n) is 4.50. The van der Waals surface area contributed by atoms with Gasteiger partial charge in [-0.1, -0.05) is 12.1 Å². The van der Waals surface area contributed by atoms with Crippen molar-refractivity contribution in [3.63, 3.8) is 0 Å². The first-order chi connectivity index (χ1) is 13.7. The maximum atomic E-state index is 11.0. The van der Waals surface area contributed by atoms with Crippen molar-refractivity contribution < 1.29 is 4.92 Å². The quantitative estimate of drug-likeness (QED) is 0.322. The van der Waals surface area contributed by atoms with Gasteiger partial charge in [0.05, 0.1) is 22.0 Å². The van der Waals surface area contributed by atoms with E-state index in [1.807, 2.05) is 30.3 Å². The molecule has 0 aliphatic rings. The molecule has 0 unspecified atom stereocenters. The molecule has 3 heterocycles. The van der Waals surface area contributed by atoms with Gasteiger partial charge in [-0.05, 0) is 24.3 Å². The number of rotatable bonds is 4. The zero-order valence-corrected chi connectivity index (χ0v) is 14.4. The summed E-state index contributed by atoms with van der Waals surface area (Å²) < 4.78 is 0. The number of hydrogen-bond donors (Lipinski definition) is 3. The maximum absolute atomic E-state index is 11.0. The summed E-state index contributed by atoms with van der Waals surface area (Å²) in [5, 5.41) is 23.1. The molecule has 3 N–H and O–H groups in total. The van der Waals surface area contributed by atoms with Gasteiger partial charge in [0.25, 0.3) is 5.69 Å². The predicted molar refractivity (Wildman–Crippen MR) is 105 cm³/mol. The van der Waals surface area contributed by atoms with E-state index in [0.717, 1.165) is 27.7 Å². The Kier molecular flexibility index (Phi) is 3.51. The highest BCUT2D eigenvalue weighted by Gasteiger charge is 2.12. The first-order valence-corrected chi connectivity index (χ1v) is 8.46. The van der Waals surface area contributed by atoms with Gasteiger partial charge in [-0.2, -0.15) is 5.10 Å². The Hall–Kier alpha value is -4.27. The smallest absolute Gasteiger partial charge is 0.270 e. The van der Waals surface area contributed by atoms with Crippen molar-refractivity contribution in [2.24, 2.45) is 0 Å². The first kappa shape index (κ1) is 15.9. The number of nitrogens with one attached hydrogen (secondary N) is 3. The molecule has 0 spiro atoms. The summed E-state index contributed by atoms with van der Waals surface area (Å²) in [5.74, 6) is 0.636. The van der Waals surface area contributed by atoms with E-state index < -0.39 is 4.92 Å². The maximum Gasteiger partial charge on any atom is 0.270 e. The van der Waals surface area contributed by atoms with Crippen LogP contribution < -0.4 is 5.32 Å². The summed E-state index contributed by atoms with van der Waals surface area (Å²) >= 11 is 0. The minimum Gasteiger partial charge on any atom is -0.340 e. The molecule has 0 aliphatic carbocycles. The molecule has 0 radical (unpaired) electrons. The minimum absolute atomic E-state index is 0.0356. The van der Waals surface area contributed by atoms with Gasteiger partial charge in [0.1, 0.15) is 17.8 Å². The Morgan fingerprint density at radius 3 is 2.89 bits per heavy atom. The van der Waals surface area contributed by atoms with Crippen molar-refractivity contribution in [1.82, 2.24) is 25.1 Å². The first-order valence-electron chi connectivity index (χ1n) is 8.46. The molecule has 5 rings (SSSR count). The molecule has 0 atom stereocenters. The van der Waals surface area contributed by atoms with E-state index >= 15 is 0 Å². The predicted octanol–water partition coefficient (Wildman–Crippen LogP) is 4.15. The molecule has 0 bridgehead atoms. The average Bonchev–Trinajstić information content (AvgIpc) is 3.35. The topological polar surface area (TPSA) is 125 Å². The summed E-state index contributed by atoms with van der Waals surface area (Å²) in [6.45, 7) is 0. The minimum atomic E-state index is -0.412. The third-order valence-corrected chi connectivity index (χ3v) is 4.50. The molecule has 9 heteroatoms. The van der Waals surface area contributed by atoms with Crippen LogP contribution in [0, 0.1) is 10.1 Å². The fourth-order valence-electron chi connectivity index (χ4n) is 3.13. The van der Waals surface area contributed by atoms with Crippen LogP contribution in [0.3, 0.4) is 0 Å². The largest absolute Gasteiger partial charge is 0.340 e. The van der Waals surface area contributed by atoms with E-state index in [4.69, 9.17) is 0 Å². The fourth-order valence-corrected chi connectivity index (χ4v) is 3.13. The van der Waals surface area contributed by atoms with Gasteiger partial charge in [0, 0.05) is 34.5 Å². The average molecular weight is 371 g/mol. The lowest BCUT2D eigenvalue weighted by Crippen LogP contribution is -1.94. The molecule has 3 aromatic heterocycles. The van der Waals surface area contributed by atoms with E-state index in [9.17, 15) is 10.1 Å². The normalized spacial score (nSPS) is 11.1. The molecule has 0 amide bonds. The lowest BCUT2D eigenvalue weighted by molar-refractivity contribution is -0.384. The van der Waals surface area contributed by atoms with Crippen molar-refractivity contribution in [2.75, 3.05) is 5.32 Å². The number of aromatic nitrogens is 5. The van der Waals surface area contributed by atoms with Crippen molar-refractivity contribution >= 4 is 39.1 Å². The molecule has 2 aromatic carbocycles. The molecule has 0 saturated carbocycles. The summed E-state index contributed by atoms with van der Waals surface area (Å²) in [6, 6.07) is 14.2. The zero-order valence-electron chi connectivity index (χ0n) is 14.4. The van der Waals surface area contributed by atoms with E-state index in [2.05, 4.69) is 30.5 Å². The van der Waals surface area contributed by atoms with Crippen LogP contribution >= 0.6 is 0 Å². The van der Waals surface area contributed by atoms with Gasteiger partial charge in [-0.3, -0.25) is 15.2 Å². The Labute approximate surface area is 157 Å². The second-order valence-corrected chi connectivity index (χ2v) is 6.27.